The van der Waals surface area contributed by atoms with Crippen LogP contribution in [0, 0.1) is 0 Å². The second-order valence-electron chi connectivity index (χ2n) is 5.60. The lowest BCUT2D eigenvalue weighted by atomic mass is 10.2. The van der Waals surface area contributed by atoms with Gasteiger partial charge in [-0.3, -0.25) is 10.1 Å². The SMILES string of the molecule is CCCCCCCOc1ccc(C(=O)Nc2nnc(CC)s2)cc1. The molecule has 0 unspecified atom stereocenters. The average Bonchev–Trinajstić information content (AvgIpc) is 3.06. The molecule has 1 aromatic heterocycles. The molecule has 130 valence electrons. The third-order valence-electron chi connectivity index (χ3n) is 3.62. The maximum Gasteiger partial charge on any atom is 0.257 e. The summed E-state index contributed by atoms with van der Waals surface area (Å²) in [4.78, 5) is 12.2. The lowest BCUT2D eigenvalue weighted by Gasteiger charge is -2.07. The monoisotopic (exact) mass is 347 g/mol. The van der Waals surface area contributed by atoms with Gasteiger partial charge in [0.05, 0.1) is 6.61 Å². The van der Waals surface area contributed by atoms with E-state index in [0.29, 0.717) is 10.7 Å². The van der Waals surface area contributed by atoms with Crippen LogP contribution in [0.3, 0.4) is 0 Å². The van der Waals surface area contributed by atoms with E-state index < -0.39 is 0 Å². The predicted molar refractivity (Wildman–Crippen MR) is 97.9 cm³/mol. The van der Waals surface area contributed by atoms with Crippen molar-refractivity contribution in [3.05, 3.63) is 34.8 Å². The zero-order valence-electron chi connectivity index (χ0n) is 14.4. The van der Waals surface area contributed by atoms with E-state index in [4.69, 9.17) is 4.74 Å². The van der Waals surface area contributed by atoms with Crippen LogP contribution in [-0.4, -0.2) is 22.7 Å². The van der Waals surface area contributed by atoms with Crippen LogP contribution in [0.1, 0.15) is 61.3 Å². The molecule has 24 heavy (non-hydrogen) atoms. The van der Waals surface area contributed by atoms with Gasteiger partial charge in [-0.1, -0.05) is 50.9 Å². The van der Waals surface area contributed by atoms with E-state index in [0.717, 1.165) is 30.2 Å². The number of nitrogens with one attached hydrogen (secondary N) is 1. The summed E-state index contributed by atoms with van der Waals surface area (Å²) >= 11 is 1.40. The Morgan fingerprint density at radius 1 is 1.08 bits per heavy atom. The van der Waals surface area contributed by atoms with Gasteiger partial charge in [0, 0.05) is 5.56 Å². The van der Waals surface area contributed by atoms with Crippen LogP contribution >= 0.6 is 11.3 Å². The van der Waals surface area contributed by atoms with Crippen molar-refractivity contribution in [3.63, 3.8) is 0 Å². The Morgan fingerprint density at radius 2 is 1.83 bits per heavy atom. The predicted octanol–water partition coefficient (Wildman–Crippen LogP) is 4.70. The van der Waals surface area contributed by atoms with Gasteiger partial charge in [0.2, 0.25) is 5.13 Å². The van der Waals surface area contributed by atoms with E-state index in [1.54, 1.807) is 12.1 Å². The second kappa shape index (κ2) is 10.0. The molecule has 0 saturated heterocycles. The quantitative estimate of drug-likeness (QED) is 0.633. The van der Waals surface area contributed by atoms with E-state index in [9.17, 15) is 4.79 Å². The van der Waals surface area contributed by atoms with Crippen molar-refractivity contribution in [2.45, 2.75) is 52.4 Å². The highest BCUT2D eigenvalue weighted by atomic mass is 32.1. The third kappa shape index (κ3) is 5.92. The highest BCUT2D eigenvalue weighted by Crippen LogP contribution is 2.18. The molecular weight excluding hydrogens is 322 g/mol. The molecule has 1 aromatic carbocycles. The van der Waals surface area contributed by atoms with Crippen molar-refractivity contribution in [2.75, 3.05) is 11.9 Å². The number of carbonyl (C=O) groups excluding carboxylic acids is 1. The summed E-state index contributed by atoms with van der Waals surface area (Å²) in [5, 5.41) is 12.2. The number of aromatic nitrogens is 2. The number of hydrogen-bond acceptors (Lipinski definition) is 5. The van der Waals surface area contributed by atoms with Gasteiger partial charge >= 0.3 is 0 Å². The van der Waals surface area contributed by atoms with Gasteiger partial charge in [0.1, 0.15) is 10.8 Å². The molecule has 0 aliphatic heterocycles. The number of anilines is 1. The van der Waals surface area contributed by atoms with Crippen LogP contribution in [0.4, 0.5) is 5.13 Å². The molecule has 0 aliphatic rings. The van der Waals surface area contributed by atoms with Crippen LogP contribution in [0.25, 0.3) is 0 Å². The standard InChI is InChI=1S/C18H25N3O2S/c1-3-5-6-7-8-13-23-15-11-9-14(10-12-15)17(22)19-18-21-20-16(4-2)24-18/h9-12H,3-8,13H2,1-2H3,(H,19,21,22). The molecule has 0 bridgehead atoms. The van der Waals surface area contributed by atoms with Crippen molar-refractivity contribution in [3.8, 4) is 5.75 Å². The third-order valence-corrected chi connectivity index (χ3v) is 4.61. The molecule has 0 spiro atoms. The Hall–Kier alpha value is -1.95. The van der Waals surface area contributed by atoms with E-state index in [-0.39, 0.29) is 5.91 Å². The number of benzene rings is 1. The largest absolute Gasteiger partial charge is 0.494 e. The van der Waals surface area contributed by atoms with Crippen molar-refractivity contribution < 1.29 is 9.53 Å². The molecule has 1 N–H and O–H groups in total. The fourth-order valence-electron chi connectivity index (χ4n) is 2.21. The highest BCUT2D eigenvalue weighted by Gasteiger charge is 2.09. The normalized spacial score (nSPS) is 10.6. The number of aryl methyl sites for hydroxylation is 1. The van der Waals surface area contributed by atoms with E-state index in [1.165, 1.54) is 37.0 Å². The lowest BCUT2D eigenvalue weighted by Crippen LogP contribution is -2.11. The maximum absolute atomic E-state index is 12.2. The first-order valence-electron chi connectivity index (χ1n) is 8.59. The summed E-state index contributed by atoms with van der Waals surface area (Å²) in [6.07, 6.45) is 6.90. The van der Waals surface area contributed by atoms with Crippen LogP contribution in [0.5, 0.6) is 5.75 Å². The van der Waals surface area contributed by atoms with Crippen LogP contribution in [0.15, 0.2) is 24.3 Å². The molecule has 0 saturated carbocycles. The van der Waals surface area contributed by atoms with Gasteiger partial charge < -0.3 is 4.74 Å². The number of nitrogens with zero attached hydrogens (tertiary/aromatic N) is 2. The van der Waals surface area contributed by atoms with Crippen molar-refractivity contribution in [2.24, 2.45) is 0 Å². The summed E-state index contributed by atoms with van der Waals surface area (Å²) in [6.45, 7) is 4.94. The van der Waals surface area contributed by atoms with Crippen molar-refractivity contribution >= 4 is 22.4 Å². The van der Waals surface area contributed by atoms with Gasteiger partial charge in [0.15, 0.2) is 0 Å². The fraction of sp³-hybridized carbons (Fsp3) is 0.500. The number of hydrogen-bond donors (Lipinski definition) is 1. The average molecular weight is 347 g/mol. The van der Waals surface area contributed by atoms with Crippen LogP contribution in [-0.2, 0) is 6.42 Å². The van der Waals surface area contributed by atoms with Gasteiger partial charge in [-0.15, -0.1) is 10.2 Å². The fourth-order valence-corrected chi connectivity index (χ4v) is 2.89. The van der Waals surface area contributed by atoms with Crippen LogP contribution < -0.4 is 10.1 Å². The number of carbonyl (C=O) groups is 1. The van der Waals surface area contributed by atoms with E-state index in [2.05, 4.69) is 22.4 Å². The molecule has 1 heterocycles. The van der Waals surface area contributed by atoms with E-state index in [1.807, 2.05) is 19.1 Å². The number of amides is 1. The molecular formula is C18H25N3O2S. The Morgan fingerprint density at radius 3 is 2.50 bits per heavy atom. The summed E-state index contributed by atoms with van der Waals surface area (Å²) in [5.41, 5.74) is 0.582. The van der Waals surface area contributed by atoms with Gasteiger partial charge in [-0.2, -0.15) is 0 Å². The highest BCUT2D eigenvalue weighted by molar-refractivity contribution is 7.15. The molecule has 0 radical (unpaired) electrons. The number of rotatable bonds is 10. The zero-order chi connectivity index (χ0) is 17.2. The molecule has 1 amide bonds. The molecule has 6 heteroatoms. The molecule has 2 rings (SSSR count). The Labute approximate surface area is 147 Å². The minimum atomic E-state index is -0.181. The van der Waals surface area contributed by atoms with Crippen molar-refractivity contribution in [1.29, 1.82) is 0 Å². The smallest absolute Gasteiger partial charge is 0.257 e. The number of ether oxygens (including phenoxy) is 1. The minimum absolute atomic E-state index is 0.181. The summed E-state index contributed by atoms with van der Waals surface area (Å²) < 4.78 is 5.71. The Kier molecular flexibility index (Phi) is 7.68. The maximum atomic E-state index is 12.2. The number of unbranched alkanes of at least 4 members (excludes halogenated alkanes) is 4. The lowest BCUT2D eigenvalue weighted by molar-refractivity contribution is 0.102. The topological polar surface area (TPSA) is 64.1 Å². The molecule has 0 atom stereocenters. The first-order valence-corrected chi connectivity index (χ1v) is 9.41. The first kappa shape index (κ1) is 18.4. The Bertz CT molecular complexity index is 625. The van der Waals surface area contributed by atoms with E-state index >= 15 is 0 Å². The van der Waals surface area contributed by atoms with Gasteiger partial charge in [0.25, 0.3) is 5.91 Å². The summed E-state index contributed by atoms with van der Waals surface area (Å²) in [6, 6.07) is 7.20. The summed E-state index contributed by atoms with van der Waals surface area (Å²) in [7, 11) is 0. The molecule has 5 nitrogen and oxygen atoms in total. The molecule has 2 aromatic rings. The molecule has 0 aliphatic carbocycles. The molecule has 0 fully saturated rings. The van der Waals surface area contributed by atoms with Crippen LogP contribution in [0.2, 0.25) is 0 Å². The van der Waals surface area contributed by atoms with Gasteiger partial charge in [-0.05, 0) is 37.1 Å². The second-order valence-corrected chi connectivity index (χ2v) is 6.66. The minimum Gasteiger partial charge on any atom is -0.494 e. The van der Waals surface area contributed by atoms with Gasteiger partial charge in [-0.25, -0.2) is 0 Å². The summed E-state index contributed by atoms with van der Waals surface area (Å²) in [5.74, 6) is 0.617. The first-order chi connectivity index (χ1) is 11.7. The Balaban J connectivity index is 1.77. The van der Waals surface area contributed by atoms with Crippen molar-refractivity contribution in [1.82, 2.24) is 10.2 Å². The zero-order valence-corrected chi connectivity index (χ0v) is 15.2.